The number of nitrogens with zero attached hydrogens (tertiary/aromatic N) is 1. The van der Waals surface area contributed by atoms with Crippen LogP contribution in [0.3, 0.4) is 0 Å². The van der Waals surface area contributed by atoms with Crippen molar-refractivity contribution in [3.8, 4) is 5.75 Å². The second kappa shape index (κ2) is 4.81. The zero-order valence-electron chi connectivity index (χ0n) is 9.24. The minimum Gasteiger partial charge on any atom is -0.496 e. The SMILES string of the molecule is [C-]#[N+]CC(O)c1cc(C)c(C)cc1OC. The molecule has 1 atom stereocenters. The Balaban J connectivity index is 3.16. The Morgan fingerprint density at radius 2 is 2.00 bits per heavy atom. The lowest BCUT2D eigenvalue weighted by Crippen LogP contribution is -2.04. The van der Waals surface area contributed by atoms with Crippen LogP contribution in [0.2, 0.25) is 0 Å². The Hall–Kier alpha value is -1.53. The van der Waals surface area contributed by atoms with Crippen LogP contribution >= 0.6 is 0 Å². The quantitative estimate of drug-likeness (QED) is 0.768. The van der Waals surface area contributed by atoms with Gasteiger partial charge in [-0.3, -0.25) is 0 Å². The van der Waals surface area contributed by atoms with Crippen LogP contribution in [0.1, 0.15) is 22.8 Å². The average molecular weight is 205 g/mol. The molecule has 0 aliphatic rings. The number of hydrogen-bond donors (Lipinski definition) is 1. The molecule has 0 fully saturated rings. The van der Waals surface area contributed by atoms with E-state index in [2.05, 4.69) is 4.85 Å². The van der Waals surface area contributed by atoms with Crippen LogP contribution < -0.4 is 4.74 Å². The van der Waals surface area contributed by atoms with E-state index in [4.69, 9.17) is 11.3 Å². The van der Waals surface area contributed by atoms with Crippen molar-refractivity contribution in [2.75, 3.05) is 13.7 Å². The van der Waals surface area contributed by atoms with Crippen molar-refractivity contribution in [2.45, 2.75) is 20.0 Å². The van der Waals surface area contributed by atoms with Crippen LogP contribution in [-0.2, 0) is 0 Å². The summed E-state index contributed by atoms with van der Waals surface area (Å²) in [4.78, 5) is 3.18. The van der Waals surface area contributed by atoms with Gasteiger partial charge in [-0.2, -0.15) is 0 Å². The Bertz CT molecular complexity index is 393. The Morgan fingerprint density at radius 1 is 1.40 bits per heavy atom. The summed E-state index contributed by atoms with van der Waals surface area (Å²) >= 11 is 0. The molecular formula is C12H15NO2. The molecule has 0 bridgehead atoms. The third-order valence-electron chi connectivity index (χ3n) is 2.47. The topological polar surface area (TPSA) is 33.8 Å². The molecule has 0 saturated heterocycles. The van der Waals surface area contributed by atoms with Crippen molar-refractivity contribution < 1.29 is 9.84 Å². The summed E-state index contributed by atoms with van der Waals surface area (Å²) < 4.78 is 5.19. The van der Waals surface area contributed by atoms with E-state index in [-0.39, 0.29) is 6.54 Å². The van der Waals surface area contributed by atoms with Crippen LogP contribution in [0.4, 0.5) is 0 Å². The predicted octanol–water partition coefficient (Wildman–Crippen LogP) is 2.26. The van der Waals surface area contributed by atoms with Crippen molar-refractivity contribution in [3.63, 3.8) is 0 Å². The zero-order chi connectivity index (χ0) is 11.4. The van der Waals surface area contributed by atoms with E-state index in [9.17, 15) is 5.11 Å². The van der Waals surface area contributed by atoms with Gasteiger partial charge in [-0.1, -0.05) is 0 Å². The van der Waals surface area contributed by atoms with Gasteiger partial charge in [-0.15, -0.1) is 0 Å². The Morgan fingerprint density at radius 3 is 2.53 bits per heavy atom. The summed E-state index contributed by atoms with van der Waals surface area (Å²) in [5, 5.41) is 9.75. The third-order valence-corrected chi connectivity index (χ3v) is 2.47. The summed E-state index contributed by atoms with van der Waals surface area (Å²) in [6.45, 7) is 10.8. The number of methoxy groups -OCH3 is 1. The molecular weight excluding hydrogens is 190 g/mol. The van der Waals surface area contributed by atoms with E-state index in [0.717, 1.165) is 11.1 Å². The maximum Gasteiger partial charge on any atom is 0.244 e. The summed E-state index contributed by atoms with van der Waals surface area (Å²) in [6, 6.07) is 3.77. The van der Waals surface area contributed by atoms with Crippen LogP contribution in [0.5, 0.6) is 5.75 Å². The Labute approximate surface area is 90.1 Å². The molecule has 15 heavy (non-hydrogen) atoms. The first-order valence-electron chi connectivity index (χ1n) is 4.76. The number of aliphatic hydroxyl groups excluding tert-OH is 1. The summed E-state index contributed by atoms with van der Waals surface area (Å²) in [7, 11) is 1.57. The molecule has 1 rings (SSSR count). The van der Waals surface area contributed by atoms with Gasteiger partial charge in [0.15, 0.2) is 6.10 Å². The highest BCUT2D eigenvalue weighted by Gasteiger charge is 2.16. The lowest BCUT2D eigenvalue weighted by Gasteiger charge is -2.13. The average Bonchev–Trinajstić information content (AvgIpc) is 2.21. The normalized spacial score (nSPS) is 11.9. The number of ether oxygens (including phenoxy) is 1. The smallest absolute Gasteiger partial charge is 0.244 e. The lowest BCUT2D eigenvalue weighted by molar-refractivity contribution is 0.190. The number of benzene rings is 1. The molecule has 0 aliphatic carbocycles. The lowest BCUT2D eigenvalue weighted by atomic mass is 10.0. The molecule has 1 unspecified atom stereocenters. The largest absolute Gasteiger partial charge is 0.496 e. The van der Waals surface area contributed by atoms with Crippen LogP contribution in [0, 0.1) is 20.4 Å². The molecule has 1 N–H and O–H groups in total. The number of rotatable bonds is 3. The van der Waals surface area contributed by atoms with Gasteiger partial charge in [-0.25, -0.2) is 6.57 Å². The third kappa shape index (κ3) is 2.48. The fraction of sp³-hybridized carbons (Fsp3) is 0.417. The fourth-order valence-corrected chi connectivity index (χ4v) is 1.43. The molecule has 0 radical (unpaired) electrons. The highest BCUT2D eigenvalue weighted by molar-refractivity contribution is 5.43. The van der Waals surface area contributed by atoms with Crippen molar-refractivity contribution in [1.82, 2.24) is 0 Å². The first-order valence-corrected chi connectivity index (χ1v) is 4.76. The van der Waals surface area contributed by atoms with Crippen LogP contribution in [-0.4, -0.2) is 18.8 Å². The first kappa shape index (κ1) is 11.5. The van der Waals surface area contributed by atoms with E-state index >= 15 is 0 Å². The number of aryl methyl sites for hydroxylation is 2. The second-order valence-corrected chi connectivity index (χ2v) is 3.53. The van der Waals surface area contributed by atoms with Crippen LogP contribution in [0.25, 0.3) is 4.85 Å². The van der Waals surface area contributed by atoms with Gasteiger partial charge >= 0.3 is 0 Å². The maximum atomic E-state index is 9.75. The van der Waals surface area contributed by atoms with Crippen molar-refractivity contribution in [3.05, 3.63) is 40.2 Å². The van der Waals surface area contributed by atoms with Crippen LogP contribution in [0.15, 0.2) is 12.1 Å². The van der Waals surface area contributed by atoms with Gasteiger partial charge < -0.3 is 14.7 Å². The van der Waals surface area contributed by atoms with Gasteiger partial charge in [0.1, 0.15) is 5.75 Å². The minimum absolute atomic E-state index is 0.0683. The van der Waals surface area contributed by atoms with Crippen molar-refractivity contribution in [2.24, 2.45) is 0 Å². The summed E-state index contributed by atoms with van der Waals surface area (Å²) in [5.41, 5.74) is 2.90. The van der Waals surface area contributed by atoms with Crippen molar-refractivity contribution >= 4 is 0 Å². The molecule has 0 spiro atoms. The summed E-state index contributed by atoms with van der Waals surface area (Å²) in [6.07, 6.45) is -0.767. The summed E-state index contributed by atoms with van der Waals surface area (Å²) in [5.74, 6) is 0.647. The second-order valence-electron chi connectivity index (χ2n) is 3.53. The number of hydrogen-bond acceptors (Lipinski definition) is 2. The Kier molecular flexibility index (Phi) is 3.70. The van der Waals surface area contributed by atoms with E-state index in [0.29, 0.717) is 11.3 Å². The molecule has 1 aromatic carbocycles. The number of aliphatic hydroxyl groups is 1. The molecule has 0 aliphatic heterocycles. The minimum atomic E-state index is -0.767. The van der Waals surface area contributed by atoms with Gasteiger partial charge in [0.05, 0.1) is 7.11 Å². The van der Waals surface area contributed by atoms with E-state index < -0.39 is 6.10 Å². The van der Waals surface area contributed by atoms with Gasteiger partial charge in [0.25, 0.3) is 0 Å². The predicted molar refractivity (Wildman–Crippen MR) is 58.9 cm³/mol. The molecule has 0 aromatic heterocycles. The van der Waals surface area contributed by atoms with Gasteiger partial charge in [0.2, 0.25) is 6.54 Å². The highest BCUT2D eigenvalue weighted by atomic mass is 16.5. The maximum absolute atomic E-state index is 9.75. The standard InChI is InChI=1S/C12H15NO2/c1-8-5-10(11(14)7-13-3)12(15-4)6-9(8)2/h5-6,11,14H,7H2,1-2,4H3. The molecule has 3 nitrogen and oxygen atoms in total. The van der Waals surface area contributed by atoms with Gasteiger partial charge in [-0.05, 0) is 37.1 Å². The zero-order valence-corrected chi connectivity index (χ0v) is 9.24. The molecule has 0 saturated carbocycles. The van der Waals surface area contributed by atoms with E-state index in [1.807, 2.05) is 26.0 Å². The molecule has 80 valence electrons. The fourth-order valence-electron chi connectivity index (χ4n) is 1.43. The monoisotopic (exact) mass is 205 g/mol. The molecule has 0 heterocycles. The molecule has 0 amide bonds. The molecule has 1 aromatic rings. The van der Waals surface area contributed by atoms with Crippen molar-refractivity contribution in [1.29, 1.82) is 0 Å². The first-order chi connectivity index (χ1) is 7.10. The van der Waals surface area contributed by atoms with Gasteiger partial charge in [0, 0.05) is 5.56 Å². The van der Waals surface area contributed by atoms with E-state index in [1.54, 1.807) is 7.11 Å². The van der Waals surface area contributed by atoms with E-state index in [1.165, 1.54) is 0 Å². The molecule has 3 heteroatoms. The highest BCUT2D eigenvalue weighted by Crippen LogP contribution is 2.28.